The first-order valence-corrected chi connectivity index (χ1v) is 8.39. The predicted molar refractivity (Wildman–Crippen MR) is 95.2 cm³/mol. The molecule has 2 N–H and O–H groups in total. The molecule has 0 aromatic heterocycles. The summed E-state index contributed by atoms with van der Waals surface area (Å²) in [6, 6.07) is 9.64. The van der Waals surface area contributed by atoms with Crippen molar-refractivity contribution in [3.05, 3.63) is 59.2 Å². The van der Waals surface area contributed by atoms with Gasteiger partial charge in [-0.1, -0.05) is 26.0 Å². The van der Waals surface area contributed by atoms with Crippen molar-refractivity contribution in [2.45, 2.75) is 26.2 Å². The average molecular weight is 349 g/mol. The summed E-state index contributed by atoms with van der Waals surface area (Å²) in [5.41, 5.74) is 7.53. The molecule has 0 radical (unpaired) electrons. The Hall–Kier alpha value is -2.14. The van der Waals surface area contributed by atoms with Gasteiger partial charge < -0.3 is 15.2 Å². The molecule has 0 bridgehead atoms. The lowest BCUT2D eigenvalue weighted by atomic mass is 9.92. The molecule has 3 nitrogen and oxygen atoms in total. The lowest BCUT2D eigenvalue weighted by molar-refractivity contribution is 0.256. The Morgan fingerprint density at radius 2 is 1.76 bits per heavy atom. The number of halogens is 2. The van der Waals surface area contributed by atoms with E-state index in [0.717, 1.165) is 11.6 Å². The van der Waals surface area contributed by atoms with E-state index in [9.17, 15) is 8.78 Å². The topological polar surface area (TPSA) is 44.5 Å². The maximum absolute atomic E-state index is 13.5. The molecule has 1 unspecified atom stereocenters. The third-order valence-corrected chi connectivity index (χ3v) is 3.98. The summed E-state index contributed by atoms with van der Waals surface area (Å²) in [4.78, 5) is 0. The van der Waals surface area contributed by atoms with Crippen LogP contribution in [-0.2, 0) is 6.42 Å². The highest BCUT2D eigenvalue weighted by molar-refractivity contribution is 5.43. The van der Waals surface area contributed by atoms with E-state index in [-0.39, 0.29) is 5.92 Å². The monoisotopic (exact) mass is 349 g/mol. The molecular formula is C20H25F2NO2. The molecule has 0 amide bonds. The zero-order chi connectivity index (χ0) is 18.4. The van der Waals surface area contributed by atoms with E-state index in [1.165, 1.54) is 6.07 Å². The summed E-state index contributed by atoms with van der Waals surface area (Å²) in [5.74, 6) is -0.0586. The fraction of sp³-hybridized carbons (Fsp3) is 0.400. The van der Waals surface area contributed by atoms with Crippen molar-refractivity contribution in [3.8, 4) is 11.5 Å². The Morgan fingerprint density at radius 3 is 2.36 bits per heavy atom. The quantitative estimate of drug-likeness (QED) is 0.773. The van der Waals surface area contributed by atoms with Gasteiger partial charge in [0.25, 0.3) is 0 Å². The fourth-order valence-electron chi connectivity index (χ4n) is 2.60. The van der Waals surface area contributed by atoms with Crippen molar-refractivity contribution < 1.29 is 18.3 Å². The van der Waals surface area contributed by atoms with Crippen LogP contribution in [-0.4, -0.2) is 20.3 Å². The van der Waals surface area contributed by atoms with Gasteiger partial charge in [-0.05, 0) is 54.3 Å². The van der Waals surface area contributed by atoms with Crippen LogP contribution in [0.1, 0.15) is 30.9 Å². The molecule has 0 saturated heterocycles. The Labute approximate surface area is 147 Å². The second-order valence-electron chi connectivity index (χ2n) is 6.50. The third kappa shape index (κ3) is 5.16. The zero-order valence-electron chi connectivity index (χ0n) is 14.9. The summed E-state index contributed by atoms with van der Waals surface area (Å²) in [5, 5.41) is 0. The van der Waals surface area contributed by atoms with Crippen LogP contribution in [0.25, 0.3) is 0 Å². The Bertz CT molecular complexity index is 704. The van der Waals surface area contributed by atoms with E-state index in [2.05, 4.69) is 13.8 Å². The number of hydrogen-bond acceptors (Lipinski definition) is 3. The van der Waals surface area contributed by atoms with Gasteiger partial charge in [-0.2, -0.15) is 0 Å². The number of nitrogens with two attached hydrogens (primary N) is 1. The smallest absolute Gasteiger partial charge is 0.161 e. The van der Waals surface area contributed by atoms with Crippen LogP contribution in [0.15, 0.2) is 36.4 Å². The normalized spacial score (nSPS) is 12.3. The second kappa shape index (κ2) is 8.81. The molecule has 1 atom stereocenters. The fourth-order valence-corrected chi connectivity index (χ4v) is 2.60. The van der Waals surface area contributed by atoms with Crippen LogP contribution < -0.4 is 15.2 Å². The molecule has 0 fully saturated rings. The number of rotatable bonds is 8. The van der Waals surface area contributed by atoms with Gasteiger partial charge in [0.1, 0.15) is 0 Å². The third-order valence-electron chi connectivity index (χ3n) is 3.98. The summed E-state index contributed by atoms with van der Waals surface area (Å²) in [6.07, 6.45) is 0.600. The second-order valence-corrected chi connectivity index (χ2v) is 6.50. The molecule has 5 heteroatoms. The lowest BCUT2D eigenvalue weighted by Crippen LogP contribution is -2.15. The minimum atomic E-state index is -0.856. The maximum atomic E-state index is 13.5. The largest absolute Gasteiger partial charge is 0.493 e. The molecule has 0 saturated carbocycles. The summed E-state index contributed by atoms with van der Waals surface area (Å²) in [6.45, 7) is 5.10. The van der Waals surface area contributed by atoms with Crippen LogP contribution in [0.2, 0.25) is 0 Å². The van der Waals surface area contributed by atoms with Crippen molar-refractivity contribution in [3.63, 3.8) is 0 Å². The van der Waals surface area contributed by atoms with Crippen LogP contribution in [0, 0.1) is 17.6 Å². The Balaban J connectivity index is 2.18. The van der Waals surface area contributed by atoms with E-state index in [1.54, 1.807) is 13.2 Å². The Morgan fingerprint density at radius 1 is 1.00 bits per heavy atom. The average Bonchev–Trinajstić information content (AvgIpc) is 2.60. The van der Waals surface area contributed by atoms with Gasteiger partial charge in [-0.3, -0.25) is 0 Å². The van der Waals surface area contributed by atoms with Crippen molar-refractivity contribution in [2.75, 3.05) is 20.3 Å². The summed E-state index contributed by atoms with van der Waals surface area (Å²) >= 11 is 0. The van der Waals surface area contributed by atoms with Gasteiger partial charge in [0.05, 0.1) is 13.7 Å². The molecule has 2 rings (SSSR count). The van der Waals surface area contributed by atoms with E-state index in [1.807, 2.05) is 18.2 Å². The van der Waals surface area contributed by atoms with Crippen molar-refractivity contribution >= 4 is 0 Å². The Kier molecular flexibility index (Phi) is 6.76. The van der Waals surface area contributed by atoms with E-state index in [0.29, 0.717) is 42.6 Å². The molecule has 0 aliphatic rings. The van der Waals surface area contributed by atoms with Gasteiger partial charge in [0.15, 0.2) is 23.1 Å². The van der Waals surface area contributed by atoms with E-state index in [4.69, 9.17) is 15.2 Å². The van der Waals surface area contributed by atoms with Crippen molar-refractivity contribution in [2.24, 2.45) is 11.7 Å². The molecule has 0 spiro atoms. The van der Waals surface area contributed by atoms with Crippen LogP contribution in [0.3, 0.4) is 0 Å². The number of hydrogen-bond donors (Lipinski definition) is 1. The standard InChI is InChI=1S/C20H25F2NO2/c1-13(2)12-25-19-7-4-14(9-20(19)24-3)8-16(11-23)15-5-6-17(21)18(22)10-15/h4-7,9-10,13,16H,8,11-12,23H2,1-3H3. The van der Waals surface area contributed by atoms with Crippen LogP contribution >= 0.6 is 0 Å². The van der Waals surface area contributed by atoms with Gasteiger partial charge in [-0.25, -0.2) is 8.78 Å². The number of benzene rings is 2. The summed E-state index contributed by atoms with van der Waals surface area (Å²) < 4.78 is 37.8. The first-order chi connectivity index (χ1) is 11.9. The zero-order valence-corrected chi connectivity index (χ0v) is 14.9. The van der Waals surface area contributed by atoms with Gasteiger partial charge >= 0.3 is 0 Å². The minimum Gasteiger partial charge on any atom is -0.493 e. The molecule has 0 aliphatic heterocycles. The highest BCUT2D eigenvalue weighted by Crippen LogP contribution is 2.31. The van der Waals surface area contributed by atoms with Crippen molar-refractivity contribution in [1.82, 2.24) is 0 Å². The predicted octanol–water partition coefficient (Wildman–Crippen LogP) is 4.29. The number of methoxy groups -OCH3 is 1. The first kappa shape index (κ1) is 19.2. The van der Waals surface area contributed by atoms with Gasteiger partial charge in [-0.15, -0.1) is 0 Å². The van der Waals surface area contributed by atoms with E-state index >= 15 is 0 Å². The highest BCUT2D eigenvalue weighted by Gasteiger charge is 2.15. The highest BCUT2D eigenvalue weighted by atomic mass is 19.2. The summed E-state index contributed by atoms with van der Waals surface area (Å²) in [7, 11) is 1.59. The molecule has 2 aromatic carbocycles. The van der Waals surface area contributed by atoms with Gasteiger partial charge in [0, 0.05) is 5.92 Å². The molecule has 2 aromatic rings. The molecule has 0 aliphatic carbocycles. The first-order valence-electron chi connectivity index (χ1n) is 8.39. The SMILES string of the molecule is COc1cc(CC(CN)c2ccc(F)c(F)c2)ccc1OCC(C)C. The van der Waals surface area contributed by atoms with E-state index < -0.39 is 11.6 Å². The van der Waals surface area contributed by atoms with Crippen LogP contribution in [0.4, 0.5) is 8.78 Å². The van der Waals surface area contributed by atoms with Crippen molar-refractivity contribution in [1.29, 1.82) is 0 Å². The molecule has 25 heavy (non-hydrogen) atoms. The maximum Gasteiger partial charge on any atom is 0.161 e. The molecule has 0 heterocycles. The molecule has 136 valence electrons. The minimum absolute atomic E-state index is 0.109. The molecular weight excluding hydrogens is 324 g/mol. The van der Waals surface area contributed by atoms with Gasteiger partial charge in [0.2, 0.25) is 0 Å². The lowest BCUT2D eigenvalue weighted by Gasteiger charge is -2.18. The van der Waals surface area contributed by atoms with Crippen LogP contribution in [0.5, 0.6) is 11.5 Å². The number of ether oxygens (including phenoxy) is 2.